The summed E-state index contributed by atoms with van der Waals surface area (Å²) in [6, 6.07) is 13.6. The Hall–Kier alpha value is -3.54. The third kappa shape index (κ3) is 7.54. The van der Waals surface area contributed by atoms with Gasteiger partial charge in [0.15, 0.2) is 0 Å². The number of carbonyl (C=O) groups is 2. The number of rotatable bonds is 10. The van der Waals surface area contributed by atoms with Gasteiger partial charge in [0.1, 0.15) is 23.0 Å². The molecule has 0 saturated carbocycles. The van der Waals surface area contributed by atoms with E-state index >= 15 is 0 Å². The summed E-state index contributed by atoms with van der Waals surface area (Å²) in [5.41, 5.74) is 0.681. The molecule has 0 radical (unpaired) electrons. The molecule has 0 atom stereocenters. The zero-order valence-corrected chi connectivity index (χ0v) is 16.6. The second-order valence-corrected chi connectivity index (χ2v) is 6.33. The van der Waals surface area contributed by atoms with E-state index in [2.05, 4.69) is 13.2 Å². The molecule has 6 nitrogen and oxygen atoms in total. The first-order chi connectivity index (χ1) is 13.8. The number of ether oxygens (including phenoxy) is 4. The maximum absolute atomic E-state index is 11.5. The molecule has 2 aromatic rings. The Balaban J connectivity index is 1.68. The van der Waals surface area contributed by atoms with E-state index in [9.17, 15) is 9.59 Å². The molecule has 2 rings (SSSR count). The van der Waals surface area contributed by atoms with Crippen molar-refractivity contribution in [3.63, 3.8) is 0 Å². The molecule has 152 valence electrons. The van der Waals surface area contributed by atoms with Gasteiger partial charge in [0.25, 0.3) is 0 Å². The van der Waals surface area contributed by atoms with E-state index in [0.29, 0.717) is 53.8 Å². The highest BCUT2D eigenvalue weighted by Crippen LogP contribution is 2.20. The Morgan fingerprint density at radius 1 is 0.655 bits per heavy atom. The molecule has 2 aromatic carbocycles. The molecular weight excluding hydrogens is 372 g/mol. The normalized spacial score (nSPS) is 10.0. The van der Waals surface area contributed by atoms with Crippen LogP contribution in [0.1, 0.15) is 20.3 Å². The van der Waals surface area contributed by atoms with E-state index in [-0.39, 0.29) is 0 Å². The molecule has 0 fully saturated rings. The number of esters is 2. The zero-order valence-electron chi connectivity index (χ0n) is 16.6. The van der Waals surface area contributed by atoms with Gasteiger partial charge in [0.05, 0.1) is 13.2 Å². The molecule has 0 unspecified atom stereocenters. The SMILES string of the molecule is C=C(C)C(=O)Oc1ccc(OCCCOc2ccc(OC(=O)C(=C)C)cc2)cc1. The van der Waals surface area contributed by atoms with Crippen LogP contribution in [-0.4, -0.2) is 25.2 Å². The van der Waals surface area contributed by atoms with Crippen LogP contribution < -0.4 is 18.9 Å². The lowest BCUT2D eigenvalue weighted by atomic mass is 10.3. The molecular formula is C23H24O6. The van der Waals surface area contributed by atoms with Crippen molar-refractivity contribution in [3.05, 3.63) is 72.8 Å². The van der Waals surface area contributed by atoms with E-state index in [1.807, 2.05) is 0 Å². The highest BCUT2D eigenvalue weighted by molar-refractivity contribution is 5.89. The van der Waals surface area contributed by atoms with Crippen molar-refractivity contribution in [1.82, 2.24) is 0 Å². The predicted octanol–water partition coefficient (Wildman–Crippen LogP) is 4.50. The Morgan fingerprint density at radius 2 is 0.966 bits per heavy atom. The summed E-state index contributed by atoms with van der Waals surface area (Å²) < 4.78 is 21.5. The average Bonchev–Trinajstić information content (AvgIpc) is 2.70. The van der Waals surface area contributed by atoms with E-state index in [4.69, 9.17) is 18.9 Å². The minimum Gasteiger partial charge on any atom is -0.493 e. The van der Waals surface area contributed by atoms with Crippen LogP contribution in [0.3, 0.4) is 0 Å². The fourth-order valence-electron chi connectivity index (χ4n) is 2.04. The van der Waals surface area contributed by atoms with Gasteiger partial charge in [-0.05, 0) is 62.4 Å². The Morgan fingerprint density at radius 3 is 1.28 bits per heavy atom. The Bertz CT molecular complexity index is 792. The fourth-order valence-corrected chi connectivity index (χ4v) is 2.04. The minimum atomic E-state index is -0.460. The number of hydrogen-bond donors (Lipinski definition) is 0. The monoisotopic (exact) mass is 396 g/mol. The van der Waals surface area contributed by atoms with E-state index in [1.54, 1.807) is 62.4 Å². The van der Waals surface area contributed by atoms with Gasteiger partial charge in [0, 0.05) is 17.6 Å². The van der Waals surface area contributed by atoms with Crippen LogP contribution in [0.15, 0.2) is 72.8 Å². The summed E-state index contributed by atoms with van der Waals surface area (Å²) in [5.74, 6) is 1.29. The van der Waals surface area contributed by atoms with Crippen LogP contribution in [0.5, 0.6) is 23.0 Å². The first-order valence-electron chi connectivity index (χ1n) is 9.06. The van der Waals surface area contributed by atoms with Crippen molar-refractivity contribution >= 4 is 11.9 Å². The molecule has 0 aliphatic carbocycles. The van der Waals surface area contributed by atoms with Crippen molar-refractivity contribution in [2.24, 2.45) is 0 Å². The van der Waals surface area contributed by atoms with Gasteiger partial charge in [-0.25, -0.2) is 9.59 Å². The van der Waals surface area contributed by atoms with Crippen LogP contribution in [0, 0.1) is 0 Å². The molecule has 0 N–H and O–H groups in total. The van der Waals surface area contributed by atoms with Crippen LogP contribution in [0.2, 0.25) is 0 Å². The van der Waals surface area contributed by atoms with E-state index in [1.165, 1.54) is 0 Å². The first-order valence-corrected chi connectivity index (χ1v) is 9.06. The molecule has 0 saturated heterocycles. The van der Waals surface area contributed by atoms with Crippen LogP contribution in [0.25, 0.3) is 0 Å². The third-order valence-electron chi connectivity index (χ3n) is 3.59. The van der Waals surface area contributed by atoms with Crippen LogP contribution >= 0.6 is 0 Å². The van der Waals surface area contributed by atoms with Crippen molar-refractivity contribution in [2.75, 3.05) is 13.2 Å². The molecule has 6 heteroatoms. The average molecular weight is 396 g/mol. The van der Waals surface area contributed by atoms with Crippen LogP contribution in [0.4, 0.5) is 0 Å². The van der Waals surface area contributed by atoms with Gasteiger partial charge in [-0.15, -0.1) is 0 Å². The molecule has 0 aromatic heterocycles. The standard InChI is InChI=1S/C23H24O6/c1-16(2)22(24)28-20-10-6-18(7-11-20)26-14-5-15-27-19-8-12-21(13-9-19)29-23(25)17(3)4/h6-13H,1,3,5,14-15H2,2,4H3. The van der Waals surface area contributed by atoms with Gasteiger partial charge in [-0.2, -0.15) is 0 Å². The second-order valence-electron chi connectivity index (χ2n) is 6.33. The molecule has 0 heterocycles. The Labute approximate surface area is 170 Å². The largest absolute Gasteiger partial charge is 0.493 e. The Kier molecular flexibility index (Phi) is 8.03. The summed E-state index contributed by atoms with van der Waals surface area (Å²) in [7, 11) is 0. The summed E-state index contributed by atoms with van der Waals surface area (Å²) in [6.07, 6.45) is 0.679. The third-order valence-corrected chi connectivity index (χ3v) is 3.59. The van der Waals surface area contributed by atoms with Gasteiger partial charge >= 0.3 is 11.9 Å². The maximum Gasteiger partial charge on any atom is 0.338 e. The second kappa shape index (κ2) is 10.7. The summed E-state index contributed by atoms with van der Waals surface area (Å²) in [4.78, 5) is 22.9. The fraction of sp³-hybridized carbons (Fsp3) is 0.217. The number of benzene rings is 2. The van der Waals surface area contributed by atoms with Gasteiger partial charge in [0.2, 0.25) is 0 Å². The molecule has 0 aliphatic heterocycles. The quantitative estimate of drug-likeness (QED) is 0.255. The maximum atomic E-state index is 11.5. The lowest BCUT2D eigenvalue weighted by molar-refractivity contribution is -0.130. The van der Waals surface area contributed by atoms with E-state index < -0.39 is 11.9 Å². The number of carbonyl (C=O) groups excluding carboxylic acids is 2. The van der Waals surface area contributed by atoms with Gasteiger partial charge in [-0.3, -0.25) is 0 Å². The highest BCUT2D eigenvalue weighted by atomic mass is 16.5. The lowest BCUT2D eigenvalue weighted by Gasteiger charge is -2.09. The zero-order chi connectivity index (χ0) is 21.2. The first kappa shape index (κ1) is 21.8. The number of hydrogen-bond acceptors (Lipinski definition) is 6. The van der Waals surface area contributed by atoms with Gasteiger partial charge < -0.3 is 18.9 Å². The minimum absolute atomic E-state index is 0.341. The molecule has 0 spiro atoms. The van der Waals surface area contributed by atoms with Crippen molar-refractivity contribution in [2.45, 2.75) is 20.3 Å². The molecule has 0 aliphatic rings. The van der Waals surface area contributed by atoms with E-state index in [0.717, 1.165) is 0 Å². The predicted molar refractivity (Wildman–Crippen MR) is 109 cm³/mol. The topological polar surface area (TPSA) is 71.1 Å². The summed E-state index contributed by atoms with van der Waals surface area (Å²) in [5, 5.41) is 0. The molecule has 29 heavy (non-hydrogen) atoms. The summed E-state index contributed by atoms with van der Waals surface area (Å²) >= 11 is 0. The van der Waals surface area contributed by atoms with Crippen molar-refractivity contribution in [3.8, 4) is 23.0 Å². The molecule has 0 bridgehead atoms. The van der Waals surface area contributed by atoms with Crippen molar-refractivity contribution < 1.29 is 28.5 Å². The van der Waals surface area contributed by atoms with Crippen molar-refractivity contribution in [1.29, 1.82) is 0 Å². The smallest absolute Gasteiger partial charge is 0.338 e. The lowest BCUT2D eigenvalue weighted by Crippen LogP contribution is -2.08. The summed E-state index contributed by atoms with van der Waals surface area (Å²) in [6.45, 7) is 11.2. The highest BCUT2D eigenvalue weighted by Gasteiger charge is 2.06. The van der Waals surface area contributed by atoms with Crippen LogP contribution in [-0.2, 0) is 9.59 Å². The molecule has 0 amide bonds. The van der Waals surface area contributed by atoms with Gasteiger partial charge in [-0.1, -0.05) is 13.2 Å².